The monoisotopic (exact) mass is 412 g/mol. The second kappa shape index (κ2) is 7.87. The fraction of sp³-hybridized carbons (Fsp3) is 0.240. The van der Waals surface area contributed by atoms with E-state index in [9.17, 15) is 9.59 Å². The van der Waals surface area contributed by atoms with Gasteiger partial charge in [0.25, 0.3) is 5.91 Å². The van der Waals surface area contributed by atoms with Crippen LogP contribution in [-0.4, -0.2) is 38.2 Å². The molecule has 1 unspecified atom stereocenters. The molecule has 31 heavy (non-hydrogen) atoms. The summed E-state index contributed by atoms with van der Waals surface area (Å²) in [6.07, 6.45) is 1.77. The maximum absolute atomic E-state index is 13.3. The van der Waals surface area contributed by atoms with Gasteiger partial charge in [-0.2, -0.15) is 5.10 Å². The van der Waals surface area contributed by atoms with E-state index in [0.717, 1.165) is 35.1 Å². The van der Waals surface area contributed by atoms with Crippen molar-refractivity contribution in [2.45, 2.75) is 18.8 Å². The van der Waals surface area contributed by atoms with Crippen molar-refractivity contribution in [3.05, 3.63) is 94.7 Å². The second-order valence-electron chi connectivity index (χ2n) is 8.09. The summed E-state index contributed by atoms with van der Waals surface area (Å²) in [5, 5.41) is 6.73. The Hall–Kier alpha value is -3.67. The first-order valence-corrected chi connectivity index (χ1v) is 10.6. The van der Waals surface area contributed by atoms with Crippen molar-refractivity contribution in [1.82, 2.24) is 19.2 Å². The van der Waals surface area contributed by atoms with Crippen LogP contribution in [-0.2, 0) is 7.05 Å². The van der Waals surface area contributed by atoms with Crippen molar-refractivity contribution in [2.24, 2.45) is 7.05 Å². The fourth-order valence-electron chi connectivity index (χ4n) is 4.45. The van der Waals surface area contributed by atoms with E-state index >= 15 is 0 Å². The molecule has 6 nitrogen and oxygen atoms in total. The lowest BCUT2D eigenvalue weighted by Gasteiger charge is -2.32. The zero-order valence-corrected chi connectivity index (χ0v) is 17.4. The summed E-state index contributed by atoms with van der Waals surface area (Å²) < 4.78 is 3.06. The third-order valence-electron chi connectivity index (χ3n) is 6.03. The lowest BCUT2D eigenvalue weighted by Crippen LogP contribution is -2.40. The van der Waals surface area contributed by atoms with E-state index in [-0.39, 0.29) is 17.5 Å². The van der Waals surface area contributed by atoms with Crippen LogP contribution in [0.25, 0.3) is 16.5 Å². The molecular weight excluding hydrogens is 388 g/mol. The number of fused-ring (bicyclic) bond motifs is 1. The quantitative estimate of drug-likeness (QED) is 0.515. The number of hydrogen-bond acceptors (Lipinski definition) is 3. The maximum atomic E-state index is 13.3. The van der Waals surface area contributed by atoms with Crippen molar-refractivity contribution in [2.75, 3.05) is 13.1 Å². The van der Waals surface area contributed by atoms with Crippen LogP contribution in [0.5, 0.6) is 0 Å². The van der Waals surface area contributed by atoms with Crippen molar-refractivity contribution in [3.63, 3.8) is 0 Å². The summed E-state index contributed by atoms with van der Waals surface area (Å²) >= 11 is 0. The van der Waals surface area contributed by atoms with Gasteiger partial charge in [-0.15, -0.1) is 0 Å². The highest BCUT2D eigenvalue weighted by molar-refractivity contribution is 5.98. The first kappa shape index (κ1) is 19.3. The molecular formula is C25H24N4O2. The predicted molar refractivity (Wildman–Crippen MR) is 121 cm³/mol. The summed E-state index contributed by atoms with van der Waals surface area (Å²) in [5.41, 5.74) is 1.33. The molecule has 2 heterocycles. The average molecular weight is 412 g/mol. The summed E-state index contributed by atoms with van der Waals surface area (Å²) in [6.45, 7) is 1.26. The number of carbonyl (C=O) groups is 1. The molecule has 5 rings (SSSR count). The van der Waals surface area contributed by atoms with E-state index in [0.29, 0.717) is 18.7 Å². The third kappa shape index (κ3) is 3.54. The van der Waals surface area contributed by atoms with Gasteiger partial charge in [0.1, 0.15) is 5.82 Å². The molecule has 156 valence electrons. The highest BCUT2D eigenvalue weighted by atomic mass is 16.2. The van der Waals surface area contributed by atoms with Gasteiger partial charge in [-0.1, -0.05) is 48.5 Å². The Morgan fingerprint density at radius 2 is 1.71 bits per heavy atom. The van der Waals surface area contributed by atoms with Gasteiger partial charge in [-0.3, -0.25) is 4.79 Å². The Labute approximate surface area is 180 Å². The molecule has 0 saturated carbocycles. The Morgan fingerprint density at radius 3 is 2.52 bits per heavy atom. The van der Waals surface area contributed by atoms with E-state index in [2.05, 4.69) is 5.10 Å². The number of nitrogens with zero attached hydrogens (tertiary/aromatic N) is 4. The topological polar surface area (TPSA) is 60.1 Å². The molecule has 1 aliphatic rings. The van der Waals surface area contributed by atoms with Crippen LogP contribution < -0.4 is 5.69 Å². The number of para-hydroxylation sites is 1. The SMILES string of the molecule is Cn1nc(C2CCCN(C(=O)c3ccc4ccccc4c3)C2)n(-c2ccccc2)c1=O. The second-order valence-corrected chi connectivity index (χ2v) is 8.09. The number of amides is 1. The van der Waals surface area contributed by atoms with E-state index in [1.165, 1.54) is 4.68 Å². The van der Waals surface area contributed by atoms with Crippen LogP contribution in [0.4, 0.5) is 0 Å². The molecule has 1 aromatic heterocycles. The molecule has 3 aromatic carbocycles. The summed E-state index contributed by atoms with van der Waals surface area (Å²) in [5.74, 6) is 0.752. The molecule has 0 bridgehead atoms. The predicted octanol–water partition coefficient (Wildman–Crippen LogP) is 3.74. The van der Waals surface area contributed by atoms with Gasteiger partial charge >= 0.3 is 5.69 Å². The average Bonchev–Trinajstić information content (AvgIpc) is 3.13. The molecule has 1 aliphatic heterocycles. The van der Waals surface area contributed by atoms with Crippen LogP contribution in [0, 0.1) is 0 Å². The number of aromatic nitrogens is 3. The number of likely N-dealkylation sites (tertiary alicyclic amines) is 1. The molecule has 0 aliphatic carbocycles. The molecule has 0 spiro atoms. The van der Waals surface area contributed by atoms with E-state index in [1.807, 2.05) is 77.7 Å². The minimum Gasteiger partial charge on any atom is -0.338 e. The highest BCUT2D eigenvalue weighted by Crippen LogP contribution is 2.28. The minimum atomic E-state index is -0.167. The fourth-order valence-corrected chi connectivity index (χ4v) is 4.45. The van der Waals surface area contributed by atoms with Gasteiger partial charge in [-0.25, -0.2) is 14.0 Å². The normalized spacial score (nSPS) is 16.5. The zero-order chi connectivity index (χ0) is 21.4. The smallest absolute Gasteiger partial charge is 0.338 e. The van der Waals surface area contributed by atoms with Crippen LogP contribution >= 0.6 is 0 Å². The van der Waals surface area contributed by atoms with Gasteiger partial charge in [-0.05, 0) is 47.9 Å². The molecule has 6 heteroatoms. The standard InChI is InChI=1S/C25H24N4O2/c1-27-25(31)29(22-11-3-2-4-12-22)23(26-27)21-10-7-15-28(17-21)24(30)20-14-13-18-8-5-6-9-19(18)16-20/h2-6,8-9,11-14,16,21H,7,10,15,17H2,1H3. The number of aryl methyl sites for hydroxylation is 1. The lowest BCUT2D eigenvalue weighted by atomic mass is 9.96. The highest BCUT2D eigenvalue weighted by Gasteiger charge is 2.30. The Balaban J connectivity index is 1.45. The molecule has 1 fully saturated rings. The Bertz CT molecular complexity index is 1310. The lowest BCUT2D eigenvalue weighted by molar-refractivity contribution is 0.0704. The Kier molecular flexibility index (Phi) is 4.90. The van der Waals surface area contributed by atoms with Gasteiger partial charge < -0.3 is 4.90 Å². The number of carbonyl (C=O) groups excluding carboxylic acids is 1. The molecule has 0 radical (unpaired) electrons. The molecule has 1 saturated heterocycles. The van der Waals surface area contributed by atoms with Gasteiger partial charge in [0.2, 0.25) is 0 Å². The summed E-state index contributed by atoms with van der Waals surface area (Å²) in [4.78, 5) is 28.0. The van der Waals surface area contributed by atoms with Gasteiger partial charge in [0.05, 0.1) is 5.69 Å². The number of rotatable bonds is 3. The minimum absolute atomic E-state index is 0.00672. The maximum Gasteiger partial charge on any atom is 0.350 e. The van der Waals surface area contributed by atoms with E-state index in [4.69, 9.17) is 0 Å². The van der Waals surface area contributed by atoms with E-state index in [1.54, 1.807) is 11.6 Å². The zero-order valence-electron chi connectivity index (χ0n) is 17.4. The first-order valence-electron chi connectivity index (χ1n) is 10.6. The molecule has 0 N–H and O–H groups in total. The van der Waals surface area contributed by atoms with Crippen molar-refractivity contribution >= 4 is 16.7 Å². The van der Waals surface area contributed by atoms with Crippen LogP contribution in [0.15, 0.2) is 77.6 Å². The van der Waals surface area contributed by atoms with Gasteiger partial charge in [0.15, 0.2) is 0 Å². The van der Waals surface area contributed by atoms with Crippen molar-refractivity contribution < 1.29 is 4.79 Å². The number of piperidine rings is 1. The molecule has 1 atom stereocenters. The van der Waals surface area contributed by atoms with E-state index < -0.39 is 0 Å². The van der Waals surface area contributed by atoms with Gasteiger partial charge in [0, 0.05) is 31.6 Å². The van der Waals surface area contributed by atoms with Crippen LogP contribution in [0.3, 0.4) is 0 Å². The molecule has 1 amide bonds. The van der Waals surface area contributed by atoms with Crippen LogP contribution in [0.2, 0.25) is 0 Å². The van der Waals surface area contributed by atoms with Crippen LogP contribution in [0.1, 0.15) is 34.9 Å². The number of hydrogen-bond donors (Lipinski definition) is 0. The third-order valence-corrected chi connectivity index (χ3v) is 6.03. The van der Waals surface area contributed by atoms with Crippen molar-refractivity contribution in [1.29, 1.82) is 0 Å². The summed E-state index contributed by atoms with van der Waals surface area (Å²) in [7, 11) is 1.67. The van der Waals surface area contributed by atoms with Crippen molar-refractivity contribution in [3.8, 4) is 5.69 Å². The Morgan fingerprint density at radius 1 is 0.968 bits per heavy atom. The number of benzene rings is 3. The first-order chi connectivity index (χ1) is 15.1. The summed E-state index contributed by atoms with van der Waals surface area (Å²) in [6, 6.07) is 23.5. The largest absolute Gasteiger partial charge is 0.350 e. The molecule has 4 aromatic rings.